The molecule has 82 valence electrons. The first-order valence-electron chi connectivity index (χ1n) is 5.05. The maximum absolute atomic E-state index is 11.1. The van der Waals surface area contributed by atoms with Gasteiger partial charge in [0.15, 0.2) is 5.78 Å². The summed E-state index contributed by atoms with van der Waals surface area (Å²) in [7, 11) is 0. The summed E-state index contributed by atoms with van der Waals surface area (Å²) in [5.74, 6) is 0.0645. The maximum atomic E-state index is 11.1. The standard InChI is InChI=1S/C12H13N3O/c1-9(16)11-2-4-12(5-3-11)15-8-10(6-13)7-14-15/h2-5,7-8H,6,13H2,1H3. The number of nitrogens with two attached hydrogens (primary N) is 1. The Morgan fingerprint density at radius 1 is 1.38 bits per heavy atom. The molecule has 2 rings (SSSR count). The van der Waals surface area contributed by atoms with Gasteiger partial charge in [-0.1, -0.05) is 0 Å². The van der Waals surface area contributed by atoms with Crippen molar-refractivity contribution >= 4 is 5.78 Å². The molecular formula is C12H13N3O. The fraction of sp³-hybridized carbons (Fsp3) is 0.167. The number of hydrogen-bond acceptors (Lipinski definition) is 3. The number of Topliss-reactive ketones (excluding diaryl/α,β-unsaturated/α-hetero) is 1. The van der Waals surface area contributed by atoms with Crippen molar-refractivity contribution in [2.24, 2.45) is 5.73 Å². The lowest BCUT2D eigenvalue weighted by Crippen LogP contribution is -1.97. The van der Waals surface area contributed by atoms with Gasteiger partial charge < -0.3 is 5.73 Å². The van der Waals surface area contributed by atoms with Gasteiger partial charge in [-0.3, -0.25) is 4.79 Å². The number of benzene rings is 1. The number of nitrogens with zero attached hydrogens (tertiary/aromatic N) is 2. The highest BCUT2D eigenvalue weighted by Crippen LogP contribution is 2.10. The van der Waals surface area contributed by atoms with Gasteiger partial charge in [-0.25, -0.2) is 4.68 Å². The Labute approximate surface area is 93.7 Å². The van der Waals surface area contributed by atoms with Crippen LogP contribution in [0.2, 0.25) is 0 Å². The van der Waals surface area contributed by atoms with Crippen molar-refractivity contribution in [1.29, 1.82) is 0 Å². The van der Waals surface area contributed by atoms with Crippen LogP contribution in [0.5, 0.6) is 0 Å². The molecule has 2 aromatic rings. The largest absolute Gasteiger partial charge is 0.326 e. The SMILES string of the molecule is CC(=O)c1ccc(-n2cc(CN)cn2)cc1. The average Bonchev–Trinajstić information content (AvgIpc) is 2.77. The number of carbonyl (C=O) groups is 1. The Balaban J connectivity index is 2.30. The second-order valence-corrected chi connectivity index (χ2v) is 3.60. The van der Waals surface area contributed by atoms with E-state index in [2.05, 4.69) is 5.10 Å². The summed E-state index contributed by atoms with van der Waals surface area (Å²) < 4.78 is 1.74. The van der Waals surface area contributed by atoms with Crippen molar-refractivity contribution in [3.8, 4) is 5.69 Å². The van der Waals surface area contributed by atoms with Crippen LogP contribution in [0.4, 0.5) is 0 Å². The van der Waals surface area contributed by atoms with Crippen molar-refractivity contribution in [3.63, 3.8) is 0 Å². The van der Waals surface area contributed by atoms with E-state index in [1.165, 1.54) is 0 Å². The predicted octanol–water partition coefficient (Wildman–Crippen LogP) is 1.53. The molecule has 0 aliphatic heterocycles. The fourth-order valence-corrected chi connectivity index (χ4v) is 1.46. The van der Waals surface area contributed by atoms with Gasteiger partial charge in [0, 0.05) is 23.9 Å². The third-order valence-electron chi connectivity index (χ3n) is 2.41. The van der Waals surface area contributed by atoms with Crippen molar-refractivity contribution in [2.45, 2.75) is 13.5 Å². The van der Waals surface area contributed by atoms with Crippen molar-refractivity contribution in [3.05, 3.63) is 47.8 Å². The average molecular weight is 215 g/mol. The van der Waals surface area contributed by atoms with Crippen LogP contribution in [0.3, 0.4) is 0 Å². The molecule has 0 fully saturated rings. The molecule has 4 nitrogen and oxygen atoms in total. The highest BCUT2D eigenvalue weighted by Gasteiger charge is 2.01. The summed E-state index contributed by atoms with van der Waals surface area (Å²) in [6.07, 6.45) is 3.61. The Kier molecular flexibility index (Phi) is 2.83. The summed E-state index contributed by atoms with van der Waals surface area (Å²) in [6, 6.07) is 7.32. The van der Waals surface area contributed by atoms with E-state index in [-0.39, 0.29) is 5.78 Å². The minimum absolute atomic E-state index is 0.0645. The topological polar surface area (TPSA) is 60.9 Å². The van der Waals surface area contributed by atoms with Gasteiger partial charge in [-0.15, -0.1) is 0 Å². The van der Waals surface area contributed by atoms with E-state index < -0.39 is 0 Å². The lowest BCUT2D eigenvalue weighted by atomic mass is 10.1. The van der Waals surface area contributed by atoms with Crippen LogP contribution in [0.1, 0.15) is 22.8 Å². The summed E-state index contributed by atoms with van der Waals surface area (Å²) in [5, 5.41) is 4.18. The van der Waals surface area contributed by atoms with Gasteiger partial charge in [-0.05, 0) is 31.2 Å². The van der Waals surface area contributed by atoms with Crippen molar-refractivity contribution in [1.82, 2.24) is 9.78 Å². The highest BCUT2D eigenvalue weighted by molar-refractivity contribution is 5.94. The second-order valence-electron chi connectivity index (χ2n) is 3.60. The number of hydrogen-bond donors (Lipinski definition) is 1. The Bertz CT molecular complexity index is 499. The fourth-order valence-electron chi connectivity index (χ4n) is 1.46. The first-order valence-corrected chi connectivity index (χ1v) is 5.05. The normalized spacial score (nSPS) is 10.4. The van der Waals surface area contributed by atoms with Gasteiger partial charge in [0.05, 0.1) is 11.9 Å². The zero-order valence-electron chi connectivity index (χ0n) is 9.05. The number of aromatic nitrogens is 2. The molecule has 2 N–H and O–H groups in total. The van der Waals surface area contributed by atoms with Crippen molar-refractivity contribution < 1.29 is 4.79 Å². The number of rotatable bonds is 3. The van der Waals surface area contributed by atoms with Crippen LogP contribution < -0.4 is 5.73 Å². The molecule has 1 heterocycles. The molecule has 4 heteroatoms. The lowest BCUT2D eigenvalue weighted by Gasteiger charge is -2.01. The van der Waals surface area contributed by atoms with Gasteiger partial charge in [0.2, 0.25) is 0 Å². The molecule has 1 aromatic carbocycles. The minimum atomic E-state index is 0.0645. The van der Waals surface area contributed by atoms with Crippen molar-refractivity contribution in [2.75, 3.05) is 0 Å². The summed E-state index contributed by atoms with van der Waals surface area (Å²) in [5.41, 5.74) is 8.11. The first kappa shape index (κ1) is 10.6. The summed E-state index contributed by atoms with van der Waals surface area (Å²) in [4.78, 5) is 11.1. The van der Waals surface area contributed by atoms with Gasteiger partial charge in [0.25, 0.3) is 0 Å². The molecule has 0 spiro atoms. The second kappa shape index (κ2) is 4.28. The monoisotopic (exact) mass is 215 g/mol. The Morgan fingerprint density at radius 2 is 2.06 bits per heavy atom. The molecule has 0 atom stereocenters. The van der Waals surface area contributed by atoms with Gasteiger partial charge in [0.1, 0.15) is 0 Å². The lowest BCUT2D eigenvalue weighted by molar-refractivity contribution is 0.101. The maximum Gasteiger partial charge on any atom is 0.159 e. The van der Waals surface area contributed by atoms with Crippen LogP contribution >= 0.6 is 0 Å². The highest BCUT2D eigenvalue weighted by atomic mass is 16.1. The molecule has 0 amide bonds. The first-order chi connectivity index (χ1) is 7.70. The molecule has 0 aliphatic carbocycles. The molecule has 0 saturated carbocycles. The smallest absolute Gasteiger partial charge is 0.159 e. The van der Waals surface area contributed by atoms with Crippen LogP contribution in [0, 0.1) is 0 Å². The molecular weight excluding hydrogens is 202 g/mol. The zero-order chi connectivity index (χ0) is 11.5. The third kappa shape index (κ3) is 2.01. The van der Waals surface area contributed by atoms with Crippen LogP contribution in [0.15, 0.2) is 36.7 Å². The molecule has 0 unspecified atom stereocenters. The Hall–Kier alpha value is -1.94. The predicted molar refractivity (Wildman–Crippen MR) is 61.5 cm³/mol. The van der Waals surface area contributed by atoms with Gasteiger partial charge >= 0.3 is 0 Å². The van der Waals surface area contributed by atoms with Gasteiger partial charge in [-0.2, -0.15) is 5.10 Å². The molecule has 0 bridgehead atoms. The zero-order valence-corrected chi connectivity index (χ0v) is 9.05. The molecule has 0 aliphatic rings. The molecule has 16 heavy (non-hydrogen) atoms. The van der Waals surface area contributed by atoms with E-state index in [1.54, 1.807) is 29.9 Å². The molecule has 0 radical (unpaired) electrons. The number of ketones is 1. The van der Waals surface area contributed by atoms with E-state index in [9.17, 15) is 4.79 Å². The van der Waals surface area contributed by atoms with E-state index in [0.717, 1.165) is 11.3 Å². The minimum Gasteiger partial charge on any atom is -0.326 e. The number of carbonyl (C=O) groups excluding carboxylic acids is 1. The van der Waals surface area contributed by atoms with Crippen LogP contribution in [-0.4, -0.2) is 15.6 Å². The summed E-state index contributed by atoms with van der Waals surface area (Å²) >= 11 is 0. The van der Waals surface area contributed by atoms with Crippen LogP contribution in [-0.2, 0) is 6.54 Å². The third-order valence-corrected chi connectivity index (χ3v) is 2.41. The van der Waals surface area contributed by atoms with E-state index >= 15 is 0 Å². The molecule has 0 saturated heterocycles. The summed E-state index contributed by atoms with van der Waals surface area (Å²) in [6.45, 7) is 2.03. The van der Waals surface area contributed by atoms with E-state index in [0.29, 0.717) is 12.1 Å². The Morgan fingerprint density at radius 3 is 2.56 bits per heavy atom. The molecule has 1 aromatic heterocycles. The van der Waals surface area contributed by atoms with Crippen LogP contribution in [0.25, 0.3) is 5.69 Å². The van der Waals surface area contributed by atoms with E-state index in [4.69, 9.17) is 5.73 Å². The quantitative estimate of drug-likeness (QED) is 0.790. The van der Waals surface area contributed by atoms with E-state index in [1.807, 2.05) is 18.3 Å².